The first-order valence-electron chi connectivity index (χ1n) is 10.1. The van der Waals surface area contributed by atoms with Gasteiger partial charge in [0.2, 0.25) is 0 Å². The molecule has 0 saturated carbocycles. The number of alkyl halides is 2. The van der Waals surface area contributed by atoms with Gasteiger partial charge in [-0.05, 0) is 46.5 Å². The van der Waals surface area contributed by atoms with E-state index in [1.807, 2.05) is 24.3 Å². The highest BCUT2D eigenvalue weighted by atomic mass is 32.1. The summed E-state index contributed by atoms with van der Waals surface area (Å²) < 4.78 is 42.1. The van der Waals surface area contributed by atoms with Crippen LogP contribution in [0, 0.1) is 11.3 Å². The number of nitrogens with two attached hydrogens (primary N) is 1. The molecule has 4 aromatic rings. The number of thiol groups is 1. The summed E-state index contributed by atoms with van der Waals surface area (Å²) >= 11 is 3.72. The molecule has 0 aliphatic heterocycles. The van der Waals surface area contributed by atoms with E-state index in [1.165, 1.54) is 18.2 Å². The van der Waals surface area contributed by atoms with Crippen molar-refractivity contribution in [3.8, 4) is 23.1 Å². The van der Waals surface area contributed by atoms with Gasteiger partial charge in [0.25, 0.3) is 0 Å². The zero-order valence-electron chi connectivity index (χ0n) is 18.1. The van der Waals surface area contributed by atoms with E-state index in [-0.39, 0.29) is 4.90 Å². The standard InChI is InChI=1S/C18H14N4O.C7H5F3OS/c19-11-13-3-7-16(8-4-13)23-12-14-1-5-15(6-2-14)17-18(20)22-10-9-21-17;8-7(9,11-10)5-3-1-2-4-6(5)12/h1-10H,12H2,(H2,20,22);1-4,12H. The maximum Gasteiger partial charge on any atom is 0.414 e. The van der Waals surface area contributed by atoms with Crippen LogP contribution in [0.15, 0.2) is 90.1 Å². The quantitative estimate of drug-likeness (QED) is 0.313. The number of ether oxygens (including phenoxy) is 1. The molecule has 1 aromatic heterocycles. The van der Waals surface area contributed by atoms with Crippen LogP contribution in [0.3, 0.4) is 0 Å². The second-order valence-electron chi connectivity index (χ2n) is 7.02. The molecule has 2 N–H and O–H groups in total. The van der Waals surface area contributed by atoms with Crippen molar-refractivity contribution in [2.45, 2.75) is 17.6 Å². The third-order valence-electron chi connectivity index (χ3n) is 4.66. The van der Waals surface area contributed by atoms with Crippen LogP contribution in [0.25, 0.3) is 11.3 Å². The Labute approximate surface area is 205 Å². The average Bonchev–Trinajstić information content (AvgIpc) is 2.89. The number of benzene rings is 3. The van der Waals surface area contributed by atoms with Gasteiger partial charge in [0, 0.05) is 22.9 Å². The average molecular weight is 497 g/mol. The highest BCUT2D eigenvalue weighted by molar-refractivity contribution is 7.80. The fourth-order valence-electron chi connectivity index (χ4n) is 2.88. The summed E-state index contributed by atoms with van der Waals surface area (Å²) in [5.74, 6) is 1.14. The molecule has 0 spiro atoms. The zero-order valence-corrected chi connectivity index (χ0v) is 19.0. The van der Waals surface area contributed by atoms with Gasteiger partial charge in [-0.25, -0.2) is 4.98 Å². The van der Waals surface area contributed by atoms with Crippen LogP contribution in [0.2, 0.25) is 0 Å². The van der Waals surface area contributed by atoms with Crippen LogP contribution in [-0.4, -0.2) is 9.97 Å². The number of anilines is 1. The summed E-state index contributed by atoms with van der Waals surface area (Å²) in [7, 11) is 0. The fourth-order valence-corrected chi connectivity index (χ4v) is 3.17. The molecule has 0 unspecified atom stereocenters. The van der Waals surface area contributed by atoms with Gasteiger partial charge in [-0.2, -0.15) is 14.0 Å². The van der Waals surface area contributed by atoms with E-state index in [0.717, 1.165) is 22.9 Å². The highest BCUT2D eigenvalue weighted by Crippen LogP contribution is 2.33. The normalized spacial score (nSPS) is 10.6. The monoisotopic (exact) mass is 496 g/mol. The van der Waals surface area contributed by atoms with Crippen molar-refractivity contribution in [1.82, 2.24) is 9.97 Å². The molecule has 0 saturated heterocycles. The first-order valence-corrected chi connectivity index (χ1v) is 10.5. The number of hydrogen-bond donors (Lipinski definition) is 2. The minimum absolute atomic E-state index is 0.0137. The van der Waals surface area contributed by atoms with E-state index in [4.69, 9.17) is 15.7 Å². The molecule has 0 fully saturated rings. The first kappa shape index (κ1) is 25.6. The van der Waals surface area contributed by atoms with E-state index < -0.39 is 11.7 Å². The Balaban J connectivity index is 0.000000241. The minimum atomic E-state index is -3.92. The Morgan fingerprint density at radius 2 is 1.60 bits per heavy atom. The Morgan fingerprint density at radius 3 is 2.20 bits per heavy atom. The number of nitriles is 1. The Morgan fingerprint density at radius 1 is 0.943 bits per heavy atom. The van der Waals surface area contributed by atoms with Crippen LogP contribution < -0.4 is 10.5 Å². The lowest BCUT2D eigenvalue weighted by Gasteiger charge is -2.11. The molecule has 6 nitrogen and oxygen atoms in total. The Hall–Kier alpha value is -4.07. The SMILES string of the molecule is FOC(F)(F)c1ccccc1S.N#Cc1ccc(OCc2ccc(-c3nccnc3N)cc2)cc1. The topological polar surface area (TPSA) is 94.0 Å². The van der Waals surface area contributed by atoms with Crippen LogP contribution in [0.4, 0.5) is 19.1 Å². The van der Waals surface area contributed by atoms with Crippen molar-refractivity contribution < 1.29 is 23.0 Å². The molecule has 35 heavy (non-hydrogen) atoms. The first-order chi connectivity index (χ1) is 16.8. The molecule has 1 heterocycles. The number of hydrogen-bond acceptors (Lipinski definition) is 7. The third kappa shape index (κ3) is 6.96. The van der Waals surface area contributed by atoms with E-state index in [0.29, 0.717) is 23.7 Å². The summed E-state index contributed by atoms with van der Waals surface area (Å²) in [6, 6.07) is 22.2. The summed E-state index contributed by atoms with van der Waals surface area (Å²) in [4.78, 5) is 10.8. The van der Waals surface area contributed by atoms with E-state index in [2.05, 4.69) is 33.6 Å². The van der Waals surface area contributed by atoms with Gasteiger partial charge >= 0.3 is 6.11 Å². The predicted molar refractivity (Wildman–Crippen MR) is 127 cm³/mol. The molecule has 0 aliphatic rings. The van der Waals surface area contributed by atoms with Gasteiger partial charge in [0.05, 0.1) is 17.2 Å². The number of halogens is 3. The third-order valence-corrected chi connectivity index (χ3v) is 5.05. The van der Waals surface area contributed by atoms with Crippen molar-refractivity contribution >= 4 is 18.4 Å². The Kier molecular flexibility index (Phi) is 8.67. The molecule has 0 bridgehead atoms. The van der Waals surface area contributed by atoms with E-state index in [9.17, 15) is 13.3 Å². The van der Waals surface area contributed by atoms with Gasteiger partial charge in [-0.1, -0.05) is 36.4 Å². The molecular weight excluding hydrogens is 477 g/mol. The number of nitrogen functional groups attached to an aromatic ring is 1. The molecule has 178 valence electrons. The molecule has 0 radical (unpaired) electrons. The van der Waals surface area contributed by atoms with Gasteiger partial charge in [-0.15, -0.1) is 17.6 Å². The van der Waals surface area contributed by atoms with Crippen LogP contribution in [0.5, 0.6) is 5.75 Å². The molecule has 3 aromatic carbocycles. The van der Waals surface area contributed by atoms with Crippen molar-refractivity contribution in [2.75, 3.05) is 5.73 Å². The lowest BCUT2D eigenvalue weighted by Crippen LogP contribution is -2.14. The van der Waals surface area contributed by atoms with E-state index in [1.54, 1.807) is 36.7 Å². The highest BCUT2D eigenvalue weighted by Gasteiger charge is 2.35. The summed E-state index contributed by atoms with van der Waals surface area (Å²) in [6.45, 7) is 0.447. The fraction of sp³-hybridized carbons (Fsp3) is 0.0800. The molecule has 10 heteroatoms. The maximum atomic E-state index is 12.5. The largest absolute Gasteiger partial charge is 0.489 e. The van der Waals surface area contributed by atoms with Gasteiger partial charge in [0.1, 0.15) is 23.9 Å². The maximum absolute atomic E-state index is 12.5. The van der Waals surface area contributed by atoms with Crippen LogP contribution in [-0.2, 0) is 17.7 Å². The second-order valence-corrected chi connectivity index (χ2v) is 7.50. The summed E-state index contributed by atoms with van der Waals surface area (Å²) in [5.41, 5.74) is 8.47. The van der Waals surface area contributed by atoms with Gasteiger partial charge < -0.3 is 10.5 Å². The van der Waals surface area contributed by atoms with Gasteiger partial charge in [0.15, 0.2) is 0 Å². The van der Waals surface area contributed by atoms with Gasteiger partial charge in [-0.3, -0.25) is 4.98 Å². The lowest BCUT2D eigenvalue weighted by atomic mass is 10.1. The summed E-state index contributed by atoms with van der Waals surface area (Å²) in [6.07, 6.45) is -0.732. The van der Waals surface area contributed by atoms with Crippen molar-refractivity contribution in [2.24, 2.45) is 0 Å². The van der Waals surface area contributed by atoms with Crippen molar-refractivity contribution in [3.63, 3.8) is 0 Å². The van der Waals surface area contributed by atoms with Crippen LogP contribution in [0.1, 0.15) is 16.7 Å². The summed E-state index contributed by atoms with van der Waals surface area (Å²) in [5, 5.41) is 8.77. The molecular formula is C25H19F3N4O2S. The zero-order chi connectivity index (χ0) is 25.3. The molecule has 0 amide bonds. The number of nitrogens with zero attached hydrogens (tertiary/aromatic N) is 3. The molecule has 4 rings (SSSR count). The molecule has 0 aliphatic carbocycles. The molecule has 0 atom stereocenters. The second kappa shape index (κ2) is 11.9. The van der Waals surface area contributed by atoms with Crippen molar-refractivity contribution in [3.05, 3.63) is 102 Å². The van der Waals surface area contributed by atoms with Crippen LogP contribution >= 0.6 is 12.6 Å². The Bertz CT molecular complexity index is 1300. The predicted octanol–water partition coefficient (Wildman–Crippen LogP) is 6.10. The lowest BCUT2D eigenvalue weighted by molar-refractivity contribution is -0.365. The minimum Gasteiger partial charge on any atom is -0.489 e. The van der Waals surface area contributed by atoms with Crippen molar-refractivity contribution in [1.29, 1.82) is 5.26 Å². The smallest absolute Gasteiger partial charge is 0.414 e. The number of rotatable bonds is 6. The van der Waals surface area contributed by atoms with E-state index >= 15 is 0 Å². The number of aromatic nitrogens is 2.